The van der Waals surface area contributed by atoms with Crippen LogP contribution in [0.4, 0.5) is 9.52 Å². The number of thiazole rings is 1. The zero-order valence-corrected chi connectivity index (χ0v) is 17.7. The van der Waals surface area contributed by atoms with Gasteiger partial charge in [0, 0.05) is 28.8 Å². The number of nitrogens with zero attached hydrogens (tertiary/aromatic N) is 4. The van der Waals surface area contributed by atoms with Crippen molar-refractivity contribution in [1.82, 2.24) is 19.6 Å². The first kappa shape index (κ1) is 19.7. The highest BCUT2D eigenvalue weighted by molar-refractivity contribution is 7.15. The molecule has 1 N–H and O–H groups in total. The third-order valence-electron chi connectivity index (χ3n) is 4.79. The van der Waals surface area contributed by atoms with Gasteiger partial charge < -0.3 is 5.32 Å². The highest BCUT2D eigenvalue weighted by Crippen LogP contribution is 2.28. The molecule has 9 heteroatoms. The van der Waals surface area contributed by atoms with E-state index < -0.39 is 0 Å². The van der Waals surface area contributed by atoms with Gasteiger partial charge in [-0.25, -0.2) is 9.37 Å². The Morgan fingerprint density at radius 3 is 2.69 bits per heavy atom. The first-order valence-electron chi connectivity index (χ1n) is 9.42. The van der Waals surface area contributed by atoms with Gasteiger partial charge in [0.15, 0.2) is 4.96 Å². The van der Waals surface area contributed by atoms with Gasteiger partial charge in [-0.05, 0) is 37.1 Å². The molecular formula is C20H20FN5OS2. The highest BCUT2D eigenvalue weighted by atomic mass is 32.1. The Kier molecular flexibility index (Phi) is 5.68. The van der Waals surface area contributed by atoms with Gasteiger partial charge in [-0.15, -0.1) is 21.5 Å². The number of amides is 1. The van der Waals surface area contributed by atoms with E-state index in [0.29, 0.717) is 11.0 Å². The number of fused-ring (bicyclic) bond motifs is 1. The summed E-state index contributed by atoms with van der Waals surface area (Å²) in [5.41, 5.74) is 2.42. The molecule has 0 aliphatic heterocycles. The second kappa shape index (κ2) is 8.38. The zero-order valence-electron chi connectivity index (χ0n) is 16.1. The van der Waals surface area contributed by atoms with Gasteiger partial charge in [-0.2, -0.15) is 0 Å². The molecular weight excluding hydrogens is 409 g/mol. The molecule has 1 amide bonds. The number of halogens is 1. The number of carbonyl (C=O) groups excluding carboxylic acids is 1. The standard InChI is InChI=1S/C20H20FN5OS2/c1-3-12(4-2)18-24-25-19(29-18)23-17(27)9-15-11-28-20-22-16(10-26(15)20)13-5-7-14(21)8-6-13/h5-8,10-12H,3-4,9H2,1-2H3,(H,23,25,27). The molecule has 0 radical (unpaired) electrons. The molecule has 0 fully saturated rings. The Morgan fingerprint density at radius 1 is 1.21 bits per heavy atom. The van der Waals surface area contributed by atoms with E-state index in [2.05, 4.69) is 34.3 Å². The lowest BCUT2D eigenvalue weighted by Gasteiger charge is -2.05. The number of aromatic nitrogens is 4. The Labute approximate surface area is 175 Å². The van der Waals surface area contributed by atoms with Crippen molar-refractivity contribution in [1.29, 1.82) is 0 Å². The summed E-state index contributed by atoms with van der Waals surface area (Å²) in [6, 6.07) is 6.21. The lowest BCUT2D eigenvalue weighted by Crippen LogP contribution is -2.15. The number of benzene rings is 1. The first-order chi connectivity index (χ1) is 14.1. The van der Waals surface area contributed by atoms with Crippen LogP contribution < -0.4 is 5.32 Å². The van der Waals surface area contributed by atoms with Gasteiger partial charge in [0.05, 0.1) is 12.1 Å². The fraction of sp³-hybridized carbons (Fsp3) is 0.300. The van der Waals surface area contributed by atoms with Gasteiger partial charge >= 0.3 is 0 Å². The van der Waals surface area contributed by atoms with Crippen LogP contribution in [0.1, 0.15) is 43.3 Å². The lowest BCUT2D eigenvalue weighted by molar-refractivity contribution is -0.115. The van der Waals surface area contributed by atoms with Crippen molar-refractivity contribution < 1.29 is 9.18 Å². The largest absolute Gasteiger partial charge is 0.300 e. The van der Waals surface area contributed by atoms with E-state index in [9.17, 15) is 9.18 Å². The number of nitrogens with one attached hydrogen (secondary N) is 1. The van der Waals surface area contributed by atoms with Crippen molar-refractivity contribution in [2.24, 2.45) is 0 Å². The molecule has 150 valence electrons. The van der Waals surface area contributed by atoms with E-state index in [4.69, 9.17) is 0 Å². The molecule has 0 atom stereocenters. The predicted octanol–water partition coefficient (Wildman–Crippen LogP) is 5.14. The monoisotopic (exact) mass is 429 g/mol. The number of imidazole rings is 1. The van der Waals surface area contributed by atoms with Crippen molar-refractivity contribution in [2.75, 3.05) is 5.32 Å². The summed E-state index contributed by atoms with van der Waals surface area (Å²) < 4.78 is 15.0. The molecule has 29 heavy (non-hydrogen) atoms. The number of hydrogen-bond acceptors (Lipinski definition) is 6. The normalized spacial score (nSPS) is 11.4. The van der Waals surface area contributed by atoms with Gasteiger partial charge in [0.1, 0.15) is 10.8 Å². The summed E-state index contributed by atoms with van der Waals surface area (Å²) in [7, 11) is 0. The minimum Gasteiger partial charge on any atom is -0.300 e. The van der Waals surface area contributed by atoms with Crippen LogP contribution in [0.3, 0.4) is 0 Å². The molecule has 0 saturated heterocycles. The second-order valence-electron chi connectivity index (χ2n) is 6.70. The molecule has 1 aromatic carbocycles. The molecule has 0 saturated carbocycles. The molecule has 0 spiro atoms. The van der Waals surface area contributed by atoms with Crippen LogP contribution in [0, 0.1) is 5.82 Å². The van der Waals surface area contributed by atoms with Gasteiger partial charge in [0.2, 0.25) is 11.0 Å². The summed E-state index contributed by atoms with van der Waals surface area (Å²) >= 11 is 2.90. The van der Waals surface area contributed by atoms with E-state index in [1.807, 2.05) is 16.0 Å². The molecule has 0 aliphatic carbocycles. The van der Waals surface area contributed by atoms with Crippen LogP contribution in [0.25, 0.3) is 16.2 Å². The maximum absolute atomic E-state index is 13.1. The molecule has 4 rings (SSSR count). The number of hydrogen-bond donors (Lipinski definition) is 1. The third-order valence-corrected chi connectivity index (χ3v) is 6.68. The number of rotatable bonds is 7. The Morgan fingerprint density at radius 2 is 1.97 bits per heavy atom. The summed E-state index contributed by atoms with van der Waals surface area (Å²) in [5, 5.41) is 14.6. The maximum atomic E-state index is 13.1. The van der Waals surface area contributed by atoms with Gasteiger partial charge in [-0.3, -0.25) is 9.20 Å². The van der Waals surface area contributed by atoms with Crippen LogP contribution in [0.5, 0.6) is 0 Å². The molecule has 0 unspecified atom stereocenters. The van der Waals surface area contributed by atoms with E-state index in [-0.39, 0.29) is 18.1 Å². The van der Waals surface area contributed by atoms with Crippen LogP contribution in [0.15, 0.2) is 35.8 Å². The average molecular weight is 430 g/mol. The topological polar surface area (TPSA) is 72.2 Å². The third kappa shape index (κ3) is 4.20. The minimum absolute atomic E-state index is 0.144. The Balaban J connectivity index is 1.48. The Bertz CT molecular complexity index is 1130. The fourth-order valence-electron chi connectivity index (χ4n) is 3.13. The fourth-order valence-corrected chi connectivity index (χ4v) is 5.03. The van der Waals surface area contributed by atoms with E-state index in [1.54, 1.807) is 12.1 Å². The lowest BCUT2D eigenvalue weighted by atomic mass is 10.1. The zero-order chi connectivity index (χ0) is 20.4. The maximum Gasteiger partial charge on any atom is 0.232 e. The molecule has 0 aliphatic rings. The van der Waals surface area contributed by atoms with E-state index >= 15 is 0 Å². The van der Waals surface area contributed by atoms with Crippen LogP contribution in [-0.2, 0) is 11.2 Å². The summed E-state index contributed by atoms with van der Waals surface area (Å²) in [6.45, 7) is 4.25. The molecule has 0 bridgehead atoms. The molecule has 4 aromatic rings. The quantitative estimate of drug-likeness (QED) is 0.442. The van der Waals surface area contributed by atoms with E-state index in [1.165, 1.54) is 34.8 Å². The van der Waals surface area contributed by atoms with Gasteiger partial charge in [-0.1, -0.05) is 25.2 Å². The predicted molar refractivity (Wildman–Crippen MR) is 114 cm³/mol. The van der Waals surface area contributed by atoms with E-state index in [0.717, 1.165) is 39.8 Å². The van der Waals surface area contributed by atoms with Crippen molar-refractivity contribution in [3.63, 3.8) is 0 Å². The SMILES string of the molecule is CCC(CC)c1nnc(NC(=O)Cc2csc3nc(-c4ccc(F)cc4)cn23)s1. The summed E-state index contributed by atoms with van der Waals surface area (Å²) in [6.07, 6.45) is 4.09. The minimum atomic E-state index is -0.281. The van der Waals surface area contributed by atoms with Gasteiger partial charge in [0.25, 0.3) is 0 Å². The van der Waals surface area contributed by atoms with Crippen LogP contribution in [-0.4, -0.2) is 25.5 Å². The van der Waals surface area contributed by atoms with Crippen molar-refractivity contribution >= 4 is 38.7 Å². The van der Waals surface area contributed by atoms with Crippen LogP contribution in [0.2, 0.25) is 0 Å². The van der Waals surface area contributed by atoms with Crippen molar-refractivity contribution in [3.05, 3.63) is 52.4 Å². The number of carbonyl (C=O) groups is 1. The first-order valence-corrected chi connectivity index (χ1v) is 11.1. The number of anilines is 1. The van der Waals surface area contributed by atoms with Crippen LogP contribution >= 0.6 is 22.7 Å². The smallest absolute Gasteiger partial charge is 0.232 e. The van der Waals surface area contributed by atoms with Crippen molar-refractivity contribution in [3.8, 4) is 11.3 Å². The second-order valence-corrected chi connectivity index (χ2v) is 8.54. The molecule has 6 nitrogen and oxygen atoms in total. The van der Waals surface area contributed by atoms with Crippen molar-refractivity contribution in [2.45, 2.75) is 39.0 Å². The summed E-state index contributed by atoms with van der Waals surface area (Å²) in [4.78, 5) is 17.9. The Hall–Kier alpha value is -2.65. The molecule has 3 aromatic heterocycles. The average Bonchev–Trinajstić information content (AvgIpc) is 3.41. The molecule has 3 heterocycles. The summed E-state index contributed by atoms with van der Waals surface area (Å²) in [5.74, 6) is -0.0457. The highest BCUT2D eigenvalue weighted by Gasteiger charge is 2.16.